The van der Waals surface area contributed by atoms with Gasteiger partial charge in [-0.2, -0.15) is 5.10 Å². The summed E-state index contributed by atoms with van der Waals surface area (Å²) in [5.41, 5.74) is 1.81. The Balaban J connectivity index is 1.73. The number of carbonyl (C=O) groups excluding carboxylic acids is 1. The fourth-order valence-electron chi connectivity index (χ4n) is 1.90. The van der Waals surface area contributed by atoms with Gasteiger partial charge in [0.2, 0.25) is 0 Å². The average molecular weight is 267 g/mol. The lowest BCUT2D eigenvalue weighted by atomic mass is 10.2. The number of imidazole rings is 1. The third-order valence-corrected chi connectivity index (χ3v) is 2.82. The molecular weight excluding hydrogens is 254 g/mol. The maximum Gasteiger partial charge on any atom is 0.331 e. The van der Waals surface area contributed by atoms with Crippen LogP contribution >= 0.6 is 0 Å². The monoisotopic (exact) mass is 267 g/mol. The fourth-order valence-corrected chi connectivity index (χ4v) is 1.90. The molecule has 0 radical (unpaired) electrons. The van der Waals surface area contributed by atoms with Crippen LogP contribution in [-0.4, -0.2) is 25.4 Å². The van der Waals surface area contributed by atoms with Crippen LogP contribution < -0.4 is 5.32 Å². The number of hydrogen-bond acceptors (Lipinski definition) is 3. The van der Waals surface area contributed by atoms with Gasteiger partial charge in [0.1, 0.15) is 6.33 Å². The van der Waals surface area contributed by atoms with E-state index in [9.17, 15) is 4.79 Å². The Labute approximate surface area is 115 Å². The van der Waals surface area contributed by atoms with Crippen LogP contribution in [0.4, 0.5) is 10.5 Å². The number of aromatic nitrogens is 4. The minimum absolute atomic E-state index is 0.237. The van der Waals surface area contributed by atoms with Gasteiger partial charge in [-0.3, -0.25) is 9.25 Å². The number of benzene rings is 1. The van der Waals surface area contributed by atoms with Crippen molar-refractivity contribution in [3.8, 4) is 0 Å². The van der Waals surface area contributed by atoms with Crippen LogP contribution in [0.15, 0.2) is 61.4 Å². The Morgan fingerprint density at radius 1 is 1.20 bits per heavy atom. The third kappa shape index (κ3) is 2.74. The minimum Gasteiger partial charge on any atom is -0.307 e. The lowest BCUT2D eigenvalue weighted by Crippen LogP contribution is -2.17. The van der Waals surface area contributed by atoms with E-state index in [1.54, 1.807) is 18.6 Å². The molecule has 100 valence electrons. The molecule has 2 heterocycles. The third-order valence-electron chi connectivity index (χ3n) is 2.82. The first kappa shape index (κ1) is 12.2. The number of carbonyl (C=O) groups is 1. The van der Waals surface area contributed by atoms with Gasteiger partial charge in [0.25, 0.3) is 0 Å². The van der Waals surface area contributed by atoms with Crippen molar-refractivity contribution < 1.29 is 4.79 Å². The molecule has 0 aliphatic heterocycles. The van der Waals surface area contributed by atoms with Crippen molar-refractivity contribution in [2.24, 2.45) is 0 Å². The number of amides is 1. The van der Waals surface area contributed by atoms with Gasteiger partial charge in [0.15, 0.2) is 0 Å². The van der Waals surface area contributed by atoms with Gasteiger partial charge in [-0.1, -0.05) is 12.1 Å². The van der Waals surface area contributed by atoms with Crippen molar-refractivity contribution in [1.82, 2.24) is 19.3 Å². The van der Waals surface area contributed by atoms with Crippen LogP contribution in [0, 0.1) is 0 Å². The van der Waals surface area contributed by atoms with Gasteiger partial charge >= 0.3 is 6.03 Å². The number of nitrogens with one attached hydrogen (secondary N) is 1. The Kier molecular flexibility index (Phi) is 3.28. The van der Waals surface area contributed by atoms with E-state index in [1.807, 2.05) is 41.2 Å². The van der Waals surface area contributed by atoms with Gasteiger partial charge in [-0.05, 0) is 23.8 Å². The molecule has 0 saturated carbocycles. The second-order valence-electron chi connectivity index (χ2n) is 4.30. The van der Waals surface area contributed by atoms with Gasteiger partial charge in [0, 0.05) is 30.5 Å². The SMILES string of the molecule is O=C(Nc1cccc(Cn2cccn2)c1)n1ccnc1. The number of nitrogens with zero attached hydrogens (tertiary/aromatic N) is 4. The first-order valence-corrected chi connectivity index (χ1v) is 6.17. The van der Waals surface area contributed by atoms with Crippen molar-refractivity contribution in [1.29, 1.82) is 0 Å². The topological polar surface area (TPSA) is 64.7 Å². The quantitative estimate of drug-likeness (QED) is 0.791. The zero-order valence-corrected chi connectivity index (χ0v) is 10.7. The average Bonchev–Trinajstić information content (AvgIpc) is 3.12. The molecular formula is C14H13N5O. The molecule has 0 unspecified atom stereocenters. The summed E-state index contributed by atoms with van der Waals surface area (Å²) in [4.78, 5) is 15.7. The summed E-state index contributed by atoms with van der Waals surface area (Å²) in [6, 6.07) is 9.32. The van der Waals surface area contributed by atoms with Crippen LogP contribution in [-0.2, 0) is 6.54 Å². The maximum atomic E-state index is 11.9. The lowest BCUT2D eigenvalue weighted by Gasteiger charge is -2.07. The molecule has 0 spiro atoms. The van der Waals surface area contributed by atoms with Crippen molar-refractivity contribution in [3.05, 3.63) is 67.0 Å². The molecule has 0 aliphatic rings. The van der Waals surface area contributed by atoms with Crippen LogP contribution in [0.2, 0.25) is 0 Å². The van der Waals surface area contributed by atoms with Crippen LogP contribution in [0.25, 0.3) is 0 Å². The Hall–Kier alpha value is -2.89. The maximum absolute atomic E-state index is 11.9. The lowest BCUT2D eigenvalue weighted by molar-refractivity contribution is 0.253. The minimum atomic E-state index is -0.237. The van der Waals surface area contributed by atoms with Crippen LogP contribution in [0.5, 0.6) is 0 Å². The molecule has 6 nitrogen and oxygen atoms in total. The molecule has 0 atom stereocenters. The zero-order valence-electron chi connectivity index (χ0n) is 10.7. The molecule has 3 rings (SSSR count). The predicted molar refractivity (Wildman–Crippen MR) is 74.4 cm³/mol. The molecule has 1 N–H and O–H groups in total. The van der Waals surface area contributed by atoms with Crippen LogP contribution in [0.3, 0.4) is 0 Å². The fraction of sp³-hybridized carbons (Fsp3) is 0.0714. The van der Waals surface area contributed by atoms with E-state index in [1.165, 1.54) is 10.9 Å². The highest BCUT2D eigenvalue weighted by Crippen LogP contribution is 2.12. The summed E-state index contributed by atoms with van der Waals surface area (Å²) in [7, 11) is 0. The van der Waals surface area contributed by atoms with Gasteiger partial charge in [-0.15, -0.1) is 0 Å². The van der Waals surface area contributed by atoms with E-state index in [0.717, 1.165) is 11.3 Å². The summed E-state index contributed by atoms with van der Waals surface area (Å²) in [5.74, 6) is 0. The standard InChI is InChI=1S/C14H13N5O/c20-14(18-8-6-15-11-18)17-13-4-1-3-12(9-13)10-19-7-2-5-16-19/h1-9,11H,10H2,(H,17,20). The molecule has 0 bridgehead atoms. The van der Waals surface area contributed by atoms with Crippen LogP contribution in [0.1, 0.15) is 5.56 Å². The molecule has 3 aromatic rings. The molecule has 0 fully saturated rings. The van der Waals surface area contributed by atoms with E-state index in [4.69, 9.17) is 0 Å². The van der Waals surface area contributed by atoms with Crippen molar-refractivity contribution in [3.63, 3.8) is 0 Å². The van der Waals surface area contributed by atoms with E-state index < -0.39 is 0 Å². The van der Waals surface area contributed by atoms with Gasteiger partial charge < -0.3 is 5.32 Å². The van der Waals surface area contributed by atoms with E-state index in [-0.39, 0.29) is 6.03 Å². The molecule has 20 heavy (non-hydrogen) atoms. The number of rotatable bonds is 3. The smallest absolute Gasteiger partial charge is 0.307 e. The van der Waals surface area contributed by atoms with Crippen molar-refractivity contribution >= 4 is 11.7 Å². The summed E-state index contributed by atoms with van der Waals surface area (Å²) in [5, 5.41) is 6.98. The van der Waals surface area contributed by atoms with E-state index >= 15 is 0 Å². The van der Waals surface area contributed by atoms with Crippen molar-refractivity contribution in [2.45, 2.75) is 6.54 Å². The Morgan fingerprint density at radius 2 is 2.15 bits per heavy atom. The molecule has 6 heteroatoms. The highest BCUT2D eigenvalue weighted by Gasteiger charge is 2.04. The van der Waals surface area contributed by atoms with Gasteiger partial charge in [0.05, 0.1) is 6.54 Å². The predicted octanol–water partition coefficient (Wildman–Crippen LogP) is 2.21. The molecule has 0 saturated heterocycles. The summed E-state index contributed by atoms with van der Waals surface area (Å²) >= 11 is 0. The summed E-state index contributed by atoms with van der Waals surface area (Å²) < 4.78 is 3.22. The normalized spacial score (nSPS) is 10.4. The molecule has 1 amide bonds. The number of anilines is 1. The Morgan fingerprint density at radius 3 is 2.90 bits per heavy atom. The molecule has 2 aromatic heterocycles. The van der Waals surface area contributed by atoms with E-state index in [2.05, 4.69) is 15.4 Å². The zero-order chi connectivity index (χ0) is 13.8. The van der Waals surface area contributed by atoms with Crippen molar-refractivity contribution in [2.75, 3.05) is 5.32 Å². The molecule has 0 aliphatic carbocycles. The summed E-state index contributed by atoms with van der Waals surface area (Å²) in [6.07, 6.45) is 8.26. The van der Waals surface area contributed by atoms with Gasteiger partial charge in [-0.25, -0.2) is 9.78 Å². The highest BCUT2D eigenvalue weighted by molar-refractivity contribution is 5.90. The Bertz CT molecular complexity index is 688. The second kappa shape index (κ2) is 5.40. The number of hydrogen-bond donors (Lipinski definition) is 1. The highest BCUT2D eigenvalue weighted by atomic mass is 16.2. The first-order valence-electron chi connectivity index (χ1n) is 6.17. The largest absolute Gasteiger partial charge is 0.331 e. The first-order chi connectivity index (χ1) is 9.81. The van der Waals surface area contributed by atoms with E-state index in [0.29, 0.717) is 6.54 Å². The molecule has 1 aromatic carbocycles. The second-order valence-corrected chi connectivity index (χ2v) is 4.30. The summed E-state index contributed by atoms with van der Waals surface area (Å²) in [6.45, 7) is 0.668.